The third-order valence-corrected chi connectivity index (χ3v) is 9.01. The number of piperidine rings is 1. The first-order valence-corrected chi connectivity index (χ1v) is 16.9. The molecule has 2 aromatic carbocycles. The molecule has 0 aliphatic carbocycles. The van der Waals surface area contributed by atoms with Crippen molar-refractivity contribution in [2.45, 2.75) is 88.3 Å². The molecule has 2 aromatic rings. The molecule has 2 aliphatic heterocycles. The number of likely N-dealkylation sites (tertiary alicyclic amines) is 1. The van der Waals surface area contributed by atoms with Crippen LogP contribution in [-0.2, 0) is 40.0 Å². The highest BCUT2D eigenvalue weighted by molar-refractivity contribution is 6.13. The minimum Gasteiger partial charge on any atom is -0.481 e. The lowest BCUT2D eigenvalue weighted by Crippen LogP contribution is -2.59. The lowest BCUT2D eigenvalue weighted by Gasteiger charge is -2.37. The van der Waals surface area contributed by atoms with Crippen LogP contribution in [0, 0.1) is 0 Å². The average molecular weight is 708 g/mol. The SMILES string of the molecule is NC(=O)[C@H](CCCNC(N)O)NC(=O)C(Cc1ccc2ccccc2c1)NC(=O)[C@@H]1CCCCN1C(=O)C[C@H](CCC(=O)O)N1C(=O)C=CC1=O. The van der Waals surface area contributed by atoms with Gasteiger partial charge in [0.2, 0.25) is 23.6 Å². The molecule has 274 valence electrons. The van der Waals surface area contributed by atoms with Crippen LogP contribution in [0.25, 0.3) is 10.8 Å². The normalized spacial score (nSPS) is 18.3. The van der Waals surface area contributed by atoms with E-state index in [1.54, 1.807) is 0 Å². The first kappa shape index (κ1) is 38.6. The van der Waals surface area contributed by atoms with Gasteiger partial charge in [0.15, 0.2) is 6.35 Å². The number of carbonyl (C=O) groups excluding carboxylic acids is 6. The van der Waals surface area contributed by atoms with Gasteiger partial charge >= 0.3 is 5.97 Å². The maximum Gasteiger partial charge on any atom is 0.303 e. The molecule has 6 amide bonds. The summed E-state index contributed by atoms with van der Waals surface area (Å²) in [6.45, 7) is 0.438. The summed E-state index contributed by atoms with van der Waals surface area (Å²) in [7, 11) is 0. The smallest absolute Gasteiger partial charge is 0.303 e. The van der Waals surface area contributed by atoms with E-state index in [4.69, 9.17) is 11.5 Å². The Bertz CT molecular complexity index is 1640. The lowest BCUT2D eigenvalue weighted by molar-refractivity contribution is -0.147. The molecule has 4 rings (SSSR count). The number of aliphatic carboxylic acids is 1. The number of fused-ring (bicyclic) bond motifs is 1. The molecule has 1 fully saturated rings. The van der Waals surface area contributed by atoms with Crippen LogP contribution in [0.4, 0.5) is 0 Å². The summed E-state index contributed by atoms with van der Waals surface area (Å²) in [6, 6.07) is 8.93. The third kappa shape index (κ3) is 10.9. The van der Waals surface area contributed by atoms with Crippen molar-refractivity contribution >= 4 is 52.2 Å². The summed E-state index contributed by atoms with van der Waals surface area (Å²) in [5, 5.41) is 28.4. The monoisotopic (exact) mass is 707 g/mol. The number of carboxylic acid groups (broad SMARTS) is 1. The van der Waals surface area contributed by atoms with Gasteiger partial charge in [0.05, 0.1) is 0 Å². The number of rotatable bonds is 18. The van der Waals surface area contributed by atoms with Gasteiger partial charge in [-0.25, -0.2) is 0 Å². The predicted octanol–water partition coefficient (Wildman–Crippen LogP) is -0.629. The Hall–Kier alpha value is -5.19. The van der Waals surface area contributed by atoms with Gasteiger partial charge in [0.1, 0.15) is 18.1 Å². The highest BCUT2D eigenvalue weighted by atomic mass is 16.4. The zero-order chi connectivity index (χ0) is 37.1. The Kier molecular flexibility index (Phi) is 13.8. The fourth-order valence-electron chi connectivity index (χ4n) is 6.40. The maximum atomic E-state index is 14.0. The quantitative estimate of drug-likeness (QED) is 0.0583. The van der Waals surface area contributed by atoms with Gasteiger partial charge < -0.3 is 31.5 Å². The minimum atomic E-state index is -1.25. The number of nitrogens with zero attached hydrogens (tertiary/aromatic N) is 2. The van der Waals surface area contributed by atoms with Crippen LogP contribution in [0.2, 0.25) is 0 Å². The van der Waals surface area contributed by atoms with Gasteiger partial charge in [-0.3, -0.25) is 49.5 Å². The second-order valence-corrected chi connectivity index (χ2v) is 12.7. The van der Waals surface area contributed by atoms with Crippen LogP contribution in [0.3, 0.4) is 0 Å². The highest BCUT2D eigenvalue weighted by Crippen LogP contribution is 2.24. The zero-order valence-corrected chi connectivity index (χ0v) is 28.2. The molecule has 16 nitrogen and oxygen atoms in total. The molecule has 0 spiro atoms. The van der Waals surface area contributed by atoms with Gasteiger partial charge in [-0.05, 0) is 61.4 Å². The van der Waals surface area contributed by atoms with Gasteiger partial charge in [-0.2, -0.15) is 0 Å². The molecule has 51 heavy (non-hydrogen) atoms. The van der Waals surface area contributed by atoms with Crippen molar-refractivity contribution in [2.24, 2.45) is 11.5 Å². The minimum absolute atomic E-state index is 0.0406. The molecule has 0 saturated carbocycles. The summed E-state index contributed by atoms with van der Waals surface area (Å²) >= 11 is 0. The number of benzene rings is 2. The van der Waals surface area contributed by atoms with Crippen molar-refractivity contribution in [1.82, 2.24) is 25.8 Å². The molecule has 0 radical (unpaired) electrons. The van der Waals surface area contributed by atoms with Crippen molar-refractivity contribution < 1.29 is 43.8 Å². The number of aliphatic hydroxyl groups is 1. The maximum absolute atomic E-state index is 14.0. The molecule has 2 heterocycles. The Morgan fingerprint density at radius 1 is 0.922 bits per heavy atom. The van der Waals surface area contributed by atoms with Crippen molar-refractivity contribution in [2.75, 3.05) is 13.1 Å². The van der Waals surface area contributed by atoms with Crippen LogP contribution >= 0.6 is 0 Å². The van der Waals surface area contributed by atoms with Crippen LogP contribution in [-0.4, -0.2) is 105 Å². The predicted molar refractivity (Wildman–Crippen MR) is 184 cm³/mol. The number of nitrogens with one attached hydrogen (secondary N) is 3. The van der Waals surface area contributed by atoms with E-state index in [1.165, 1.54) is 4.90 Å². The fraction of sp³-hybridized carbons (Fsp3) is 0.457. The highest BCUT2D eigenvalue weighted by Gasteiger charge is 2.38. The van der Waals surface area contributed by atoms with E-state index < -0.39 is 71.9 Å². The van der Waals surface area contributed by atoms with Crippen LogP contribution in [0.15, 0.2) is 54.6 Å². The molecule has 0 aromatic heterocycles. The second-order valence-electron chi connectivity index (χ2n) is 12.7. The second kappa shape index (κ2) is 18.2. The Morgan fingerprint density at radius 2 is 1.63 bits per heavy atom. The van der Waals surface area contributed by atoms with Crippen molar-refractivity contribution in [3.05, 3.63) is 60.2 Å². The molecule has 2 unspecified atom stereocenters. The van der Waals surface area contributed by atoms with E-state index in [-0.39, 0.29) is 51.6 Å². The summed E-state index contributed by atoms with van der Waals surface area (Å²) in [5.74, 6) is -5.08. The number of amides is 6. The first-order valence-electron chi connectivity index (χ1n) is 16.9. The van der Waals surface area contributed by atoms with E-state index in [0.717, 1.165) is 33.4 Å². The summed E-state index contributed by atoms with van der Waals surface area (Å²) in [5.41, 5.74) is 11.6. The average Bonchev–Trinajstić information content (AvgIpc) is 3.43. The van der Waals surface area contributed by atoms with Gasteiger partial charge in [-0.1, -0.05) is 42.5 Å². The standard InChI is InChI=1S/C35H45N7O9/c36-32(48)25(8-5-16-38-35(37)51)39-33(49)26(19-21-10-11-22-6-1-2-7-23(22)18-21)40-34(50)27-9-3-4-17-41(27)30(45)20-24(12-15-31(46)47)42-28(43)13-14-29(42)44/h1-2,6-7,10-11,13-14,18,24-27,35,38,51H,3-5,8-9,12,15-17,19-20,37H2,(H2,36,48)(H,39,49)(H,40,50)(H,46,47)/t24-,25-,26?,27-,35?/m0/s1. The molecular formula is C35H45N7O9. The summed E-state index contributed by atoms with van der Waals surface area (Å²) < 4.78 is 0. The van der Waals surface area contributed by atoms with Gasteiger partial charge in [0, 0.05) is 44.0 Å². The third-order valence-electron chi connectivity index (χ3n) is 9.01. The number of hydrogen-bond acceptors (Lipinski definition) is 10. The summed E-state index contributed by atoms with van der Waals surface area (Å²) in [4.78, 5) is 92.1. The number of carbonyl (C=O) groups is 7. The van der Waals surface area contributed by atoms with E-state index >= 15 is 0 Å². The number of hydrogen-bond donors (Lipinski definition) is 7. The van der Waals surface area contributed by atoms with Gasteiger partial charge in [-0.15, -0.1) is 0 Å². The number of primary amides is 1. The summed E-state index contributed by atoms with van der Waals surface area (Å²) in [6.07, 6.45) is 1.91. The zero-order valence-electron chi connectivity index (χ0n) is 28.2. The van der Waals surface area contributed by atoms with Crippen LogP contribution in [0.1, 0.15) is 56.9 Å². The molecule has 5 atom stereocenters. The molecule has 0 bridgehead atoms. The topological polar surface area (TPSA) is 255 Å². The van der Waals surface area contributed by atoms with Crippen LogP contribution in [0.5, 0.6) is 0 Å². The Morgan fingerprint density at radius 3 is 2.29 bits per heavy atom. The van der Waals surface area contributed by atoms with E-state index in [1.807, 2.05) is 42.5 Å². The Balaban J connectivity index is 1.53. The van der Waals surface area contributed by atoms with E-state index in [9.17, 15) is 43.8 Å². The number of nitrogens with two attached hydrogens (primary N) is 2. The van der Waals surface area contributed by atoms with Crippen LogP contribution < -0.4 is 27.4 Å². The number of aliphatic hydroxyl groups excluding tert-OH is 1. The number of imide groups is 1. The molecule has 9 N–H and O–H groups in total. The van der Waals surface area contributed by atoms with Crippen molar-refractivity contribution in [3.8, 4) is 0 Å². The Labute approximate surface area is 294 Å². The van der Waals surface area contributed by atoms with E-state index in [0.29, 0.717) is 19.3 Å². The number of carboxylic acids is 1. The van der Waals surface area contributed by atoms with E-state index in [2.05, 4.69) is 16.0 Å². The first-order chi connectivity index (χ1) is 24.3. The largest absolute Gasteiger partial charge is 0.481 e. The molecule has 1 saturated heterocycles. The van der Waals surface area contributed by atoms with Crippen molar-refractivity contribution in [1.29, 1.82) is 0 Å². The molecular weight excluding hydrogens is 662 g/mol. The van der Waals surface area contributed by atoms with Gasteiger partial charge in [0.25, 0.3) is 11.8 Å². The molecule has 16 heteroatoms. The molecule has 2 aliphatic rings. The van der Waals surface area contributed by atoms with Crippen molar-refractivity contribution in [3.63, 3.8) is 0 Å². The fourth-order valence-corrected chi connectivity index (χ4v) is 6.40. The lowest BCUT2D eigenvalue weighted by atomic mass is 9.97.